The molecule has 6 heteroatoms. The zero-order valence-electron chi connectivity index (χ0n) is 25.1. The van der Waals surface area contributed by atoms with Gasteiger partial charge in [0.2, 0.25) is 0 Å². The number of hydrogen-bond donors (Lipinski definition) is 3. The summed E-state index contributed by atoms with van der Waals surface area (Å²) < 4.78 is 5.81. The van der Waals surface area contributed by atoms with E-state index in [1.165, 1.54) is 44.6 Å². The molecule has 4 aliphatic carbocycles. The smallest absolute Gasteiger partial charge is 0.331 e. The first-order valence-electron chi connectivity index (χ1n) is 15.5. The highest BCUT2D eigenvalue weighted by molar-refractivity contribution is 5.95. The van der Waals surface area contributed by atoms with Crippen LogP contribution in [0.2, 0.25) is 0 Å². The lowest BCUT2D eigenvalue weighted by Crippen LogP contribution is -2.65. The van der Waals surface area contributed by atoms with Crippen molar-refractivity contribution in [2.45, 2.75) is 110 Å². The van der Waals surface area contributed by atoms with Crippen LogP contribution in [-0.4, -0.2) is 51.5 Å². The van der Waals surface area contributed by atoms with Crippen LogP contribution in [0.15, 0.2) is 47.6 Å². The van der Waals surface area contributed by atoms with Crippen LogP contribution < -0.4 is 0 Å². The standard InChI is InChI=1S/C34H50O6/c1-6-7-8-9-10-11-12-13-14-15-16-17-27(36)40-31-22(2)20-33-23(3)18-26-28(32(26,4)5)25(30(33)38)19-24(21-35)29(37)34(31,33)39/h14-17,19-20,23,25-26,28-29,31,35,37,39H,6-13,18,21H2,1-5H3. The summed E-state index contributed by atoms with van der Waals surface area (Å²) in [4.78, 5) is 27.3. The van der Waals surface area contributed by atoms with E-state index in [2.05, 4.69) is 20.8 Å². The van der Waals surface area contributed by atoms with Gasteiger partial charge in [-0.1, -0.05) is 96.6 Å². The number of unbranched alkanes of at least 4 members (excludes halogenated alkanes) is 7. The number of allylic oxidation sites excluding steroid dienone is 4. The fraction of sp³-hybridized carbons (Fsp3) is 0.706. The van der Waals surface area contributed by atoms with E-state index in [1.54, 1.807) is 25.2 Å². The van der Waals surface area contributed by atoms with Gasteiger partial charge < -0.3 is 20.1 Å². The molecule has 1 spiro atoms. The number of Topliss-reactive ketones (excluding diaryl/α,β-unsaturated/α-hetero) is 1. The van der Waals surface area contributed by atoms with Gasteiger partial charge in [-0.3, -0.25) is 4.79 Å². The van der Waals surface area contributed by atoms with Gasteiger partial charge in [0, 0.05) is 12.0 Å². The van der Waals surface area contributed by atoms with Gasteiger partial charge in [-0.2, -0.15) is 0 Å². The SMILES string of the molecule is CCCCCCCCCC=CC=CC(=O)OC1C(C)=CC23C(=O)C(C=C(CO)C(O)C12O)C1C(CC3C)C1(C)C. The maximum atomic E-state index is 14.4. The minimum Gasteiger partial charge on any atom is -0.451 e. The van der Waals surface area contributed by atoms with Gasteiger partial charge in [0.15, 0.2) is 17.5 Å². The Bertz CT molecular complexity index is 1080. The van der Waals surface area contributed by atoms with Crippen LogP contribution in [0.3, 0.4) is 0 Å². The van der Waals surface area contributed by atoms with Crippen molar-refractivity contribution in [3.8, 4) is 0 Å². The fourth-order valence-electron chi connectivity index (χ4n) is 8.28. The van der Waals surface area contributed by atoms with Crippen molar-refractivity contribution in [1.82, 2.24) is 0 Å². The second-order valence-electron chi connectivity index (χ2n) is 13.4. The third-order valence-electron chi connectivity index (χ3n) is 10.6. The summed E-state index contributed by atoms with van der Waals surface area (Å²) in [5.74, 6) is -1.21. The van der Waals surface area contributed by atoms with E-state index >= 15 is 0 Å². The molecule has 8 unspecified atom stereocenters. The minimum absolute atomic E-state index is 0.0309. The van der Waals surface area contributed by atoms with Crippen LogP contribution in [0, 0.1) is 34.5 Å². The number of aliphatic hydroxyl groups is 3. The molecule has 4 rings (SSSR count). The molecule has 2 saturated carbocycles. The quantitative estimate of drug-likeness (QED) is 0.0951. The van der Waals surface area contributed by atoms with Crippen molar-refractivity contribution in [2.24, 2.45) is 34.5 Å². The summed E-state index contributed by atoms with van der Waals surface area (Å²) in [5, 5.41) is 34.2. The third-order valence-corrected chi connectivity index (χ3v) is 10.6. The Labute approximate surface area is 240 Å². The summed E-state index contributed by atoms with van der Waals surface area (Å²) in [6.07, 6.45) is 17.9. The Balaban J connectivity index is 1.47. The first-order valence-corrected chi connectivity index (χ1v) is 15.5. The molecule has 0 amide bonds. The summed E-state index contributed by atoms with van der Waals surface area (Å²) in [6.45, 7) is 9.76. The number of hydrogen-bond acceptors (Lipinski definition) is 6. The number of rotatable bonds is 12. The Morgan fingerprint density at radius 3 is 2.48 bits per heavy atom. The molecule has 0 aromatic rings. The summed E-state index contributed by atoms with van der Waals surface area (Å²) in [5.41, 5.74) is -2.79. The van der Waals surface area contributed by atoms with E-state index < -0.39 is 41.7 Å². The maximum Gasteiger partial charge on any atom is 0.331 e. The second kappa shape index (κ2) is 12.1. The van der Waals surface area contributed by atoms with Gasteiger partial charge in [-0.15, -0.1) is 0 Å². The molecule has 3 N–H and O–H groups in total. The highest BCUT2D eigenvalue weighted by atomic mass is 16.6. The lowest BCUT2D eigenvalue weighted by atomic mass is 9.59. The van der Waals surface area contributed by atoms with Crippen molar-refractivity contribution < 1.29 is 29.6 Å². The van der Waals surface area contributed by atoms with Crippen molar-refractivity contribution in [3.63, 3.8) is 0 Å². The number of carbonyl (C=O) groups excluding carboxylic acids is 2. The molecular weight excluding hydrogens is 504 g/mol. The van der Waals surface area contributed by atoms with Crippen LogP contribution >= 0.6 is 0 Å². The summed E-state index contributed by atoms with van der Waals surface area (Å²) in [7, 11) is 0. The first kappa shape index (κ1) is 30.9. The van der Waals surface area contributed by atoms with Crippen molar-refractivity contribution in [2.75, 3.05) is 6.61 Å². The molecule has 4 aliphatic rings. The number of ether oxygens (including phenoxy) is 1. The summed E-state index contributed by atoms with van der Waals surface area (Å²) in [6, 6.07) is 0. The molecule has 0 saturated heterocycles. The normalized spacial score (nSPS) is 38.0. The molecule has 8 atom stereocenters. The highest BCUT2D eigenvalue weighted by Crippen LogP contribution is 2.71. The molecule has 0 aliphatic heterocycles. The van der Waals surface area contributed by atoms with E-state index in [0.29, 0.717) is 11.5 Å². The van der Waals surface area contributed by atoms with Gasteiger partial charge in [0.25, 0.3) is 0 Å². The van der Waals surface area contributed by atoms with Gasteiger partial charge in [-0.25, -0.2) is 4.79 Å². The molecule has 0 heterocycles. The molecule has 2 bridgehead atoms. The Kier molecular flexibility index (Phi) is 9.33. The van der Waals surface area contributed by atoms with Gasteiger partial charge >= 0.3 is 5.97 Å². The zero-order chi connectivity index (χ0) is 29.3. The molecule has 2 fully saturated rings. The molecular formula is C34H50O6. The van der Waals surface area contributed by atoms with Crippen molar-refractivity contribution in [3.05, 3.63) is 47.6 Å². The van der Waals surface area contributed by atoms with E-state index in [1.807, 2.05) is 19.1 Å². The van der Waals surface area contributed by atoms with Gasteiger partial charge in [-0.05, 0) is 60.5 Å². The highest BCUT2D eigenvalue weighted by Gasteiger charge is 2.76. The average Bonchev–Trinajstić information content (AvgIpc) is 3.40. The molecule has 40 heavy (non-hydrogen) atoms. The topological polar surface area (TPSA) is 104 Å². The Hall–Kier alpha value is -2.02. The number of aliphatic hydroxyl groups excluding tert-OH is 2. The lowest BCUT2D eigenvalue weighted by Gasteiger charge is -2.48. The predicted octanol–water partition coefficient (Wildman–Crippen LogP) is 5.62. The molecule has 0 aromatic heterocycles. The van der Waals surface area contributed by atoms with Crippen molar-refractivity contribution >= 4 is 11.8 Å². The van der Waals surface area contributed by atoms with E-state index in [-0.39, 0.29) is 28.6 Å². The Morgan fingerprint density at radius 2 is 1.80 bits per heavy atom. The second-order valence-corrected chi connectivity index (χ2v) is 13.4. The summed E-state index contributed by atoms with van der Waals surface area (Å²) >= 11 is 0. The van der Waals surface area contributed by atoms with Crippen LogP contribution in [-0.2, 0) is 14.3 Å². The van der Waals surface area contributed by atoms with Crippen LogP contribution in [0.5, 0.6) is 0 Å². The third kappa shape index (κ3) is 5.09. The van der Waals surface area contributed by atoms with Crippen LogP contribution in [0.4, 0.5) is 0 Å². The fourth-order valence-corrected chi connectivity index (χ4v) is 8.28. The largest absolute Gasteiger partial charge is 0.451 e. The maximum absolute atomic E-state index is 14.4. The predicted molar refractivity (Wildman–Crippen MR) is 156 cm³/mol. The molecule has 0 aromatic carbocycles. The van der Waals surface area contributed by atoms with Crippen molar-refractivity contribution in [1.29, 1.82) is 0 Å². The van der Waals surface area contributed by atoms with E-state index in [9.17, 15) is 24.9 Å². The zero-order valence-corrected chi connectivity index (χ0v) is 25.1. The van der Waals surface area contributed by atoms with Gasteiger partial charge in [0.05, 0.1) is 12.0 Å². The minimum atomic E-state index is -2.10. The van der Waals surface area contributed by atoms with E-state index in [0.717, 1.165) is 19.3 Å². The van der Waals surface area contributed by atoms with Gasteiger partial charge in [0.1, 0.15) is 6.10 Å². The number of fused-ring (bicyclic) bond motifs is 3. The molecule has 6 nitrogen and oxygen atoms in total. The molecule has 0 radical (unpaired) electrons. The van der Waals surface area contributed by atoms with Crippen LogP contribution in [0.1, 0.15) is 92.4 Å². The first-order chi connectivity index (χ1) is 19.0. The average molecular weight is 555 g/mol. The Morgan fingerprint density at radius 1 is 1.12 bits per heavy atom. The number of carbonyl (C=O) groups is 2. The van der Waals surface area contributed by atoms with Crippen LogP contribution in [0.25, 0.3) is 0 Å². The number of ketones is 1. The monoisotopic (exact) mass is 554 g/mol. The van der Waals surface area contributed by atoms with E-state index in [4.69, 9.17) is 4.74 Å². The lowest BCUT2D eigenvalue weighted by molar-refractivity contribution is -0.201. The molecule has 222 valence electrons. The number of esters is 1.